The fourth-order valence-corrected chi connectivity index (χ4v) is 3.70. The zero-order valence-electron chi connectivity index (χ0n) is 17.8. The maximum Gasteiger partial charge on any atom is 0.313 e. The van der Waals surface area contributed by atoms with Crippen LogP contribution in [0.25, 0.3) is 0 Å². The van der Waals surface area contributed by atoms with E-state index in [1.165, 1.54) is 32.2 Å². The highest BCUT2D eigenvalue weighted by atomic mass is 35.5. The topological polar surface area (TPSA) is 111 Å². The number of carbonyl (C=O) groups is 2. The molecule has 1 saturated heterocycles. The van der Waals surface area contributed by atoms with Crippen molar-refractivity contribution in [3.05, 3.63) is 57.1 Å². The maximum absolute atomic E-state index is 12.9. The molecule has 0 aliphatic carbocycles. The van der Waals surface area contributed by atoms with Crippen molar-refractivity contribution in [2.75, 3.05) is 26.7 Å². The Bertz CT molecular complexity index is 1020. The summed E-state index contributed by atoms with van der Waals surface area (Å²) in [5.41, 5.74) is 0.155. The summed E-state index contributed by atoms with van der Waals surface area (Å²) in [5, 5.41) is 14.3. The van der Waals surface area contributed by atoms with Gasteiger partial charge in [0.25, 0.3) is 5.91 Å². The molecule has 32 heavy (non-hydrogen) atoms. The van der Waals surface area contributed by atoms with Crippen molar-refractivity contribution in [2.24, 2.45) is 5.92 Å². The lowest BCUT2D eigenvalue weighted by Gasteiger charge is -2.32. The Morgan fingerprint density at radius 1 is 1.16 bits per heavy atom. The summed E-state index contributed by atoms with van der Waals surface area (Å²) in [5.74, 6) is 0.692. The molecule has 0 bridgehead atoms. The van der Waals surface area contributed by atoms with E-state index < -0.39 is 4.92 Å². The second-order valence-electron chi connectivity index (χ2n) is 7.51. The highest BCUT2D eigenvalue weighted by Crippen LogP contribution is 2.38. The molecule has 1 N–H and O–H groups in total. The molecule has 0 unspecified atom stereocenters. The van der Waals surface area contributed by atoms with E-state index in [1.54, 1.807) is 23.1 Å². The van der Waals surface area contributed by atoms with Crippen LogP contribution < -0.4 is 14.8 Å². The third kappa shape index (κ3) is 5.67. The fourth-order valence-electron chi connectivity index (χ4n) is 3.53. The number of ether oxygens (including phenoxy) is 2. The van der Waals surface area contributed by atoms with Gasteiger partial charge in [0.2, 0.25) is 11.7 Å². The second-order valence-corrected chi connectivity index (χ2v) is 7.95. The average Bonchev–Trinajstić information content (AvgIpc) is 2.78. The number of nitrogens with one attached hydrogen (secondary N) is 1. The molecule has 1 heterocycles. The van der Waals surface area contributed by atoms with Gasteiger partial charge in [-0.15, -0.1) is 0 Å². The molecule has 0 aromatic heterocycles. The number of halogens is 1. The summed E-state index contributed by atoms with van der Waals surface area (Å²) in [6, 6.07) is 8.81. The van der Waals surface area contributed by atoms with E-state index >= 15 is 0 Å². The van der Waals surface area contributed by atoms with Crippen molar-refractivity contribution in [2.45, 2.75) is 19.8 Å². The molecule has 3 rings (SSSR count). The first-order chi connectivity index (χ1) is 15.3. The Kier molecular flexibility index (Phi) is 7.53. The van der Waals surface area contributed by atoms with Gasteiger partial charge in [0.05, 0.1) is 12.0 Å². The van der Waals surface area contributed by atoms with Crippen molar-refractivity contribution in [1.29, 1.82) is 0 Å². The van der Waals surface area contributed by atoms with E-state index in [0.717, 1.165) is 12.8 Å². The number of likely N-dealkylation sites (tertiary alicyclic amines) is 1. The lowest BCUT2D eigenvalue weighted by Crippen LogP contribution is -2.41. The van der Waals surface area contributed by atoms with Crippen LogP contribution in [0, 0.1) is 16.0 Å². The van der Waals surface area contributed by atoms with Crippen LogP contribution in [-0.2, 0) is 4.79 Å². The Morgan fingerprint density at radius 2 is 1.84 bits per heavy atom. The molecule has 1 aliphatic heterocycles. The number of benzene rings is 2. The van der Waals surface area contributed by atoms with Crippen LogP contribution in [0.2, 0.25) is 5.02 Å². The van der Waals surface area contributed by atoms with Crippen LogP contribution >= 0.6 is 11.6 Å². The standard InChI is InChI=1S/C22H24ClN3O6/c1-14(27)24-13-15-7-9-25(10-8-15)22(28)16-3-5-20(21(11-16)31-2)32-19-6-4-17(23)12-18(19)26(29)30/h3-6,11-12,15H,7-10,13H2,1-2H3,(H,24,27). The molecule has 0 saturated carbocycles. The normalized spacial score (nSPS) is 14.0. The van der Waals surface area contributed by atoms with Gasteiger partial charge >= 0.3 is 5.69 Å². The van der Waals surface area contributed by atoms with Crippen molar-refractivity contribution in [1.82, 2.24) is 10.2 Å². The predicted molar refractivity (Wildman–Crippen MR) is 118 cm³/mol. The number of piperidine rings is 1. The third-order valence-corrected chi connectivity index (χ3v) is 5.52. The first-order valence-corrected chi connectivity index (χ1v) is 10.5. The van der Waals surface area contributed by atoms with Crippen molar-refractivity contribution < 1.29 is 24.0 Å². The van der Waals surface area contributed by atoms with Gasteiger partial charge in [0, 0.05) is 43.2 Å². The number of methoxy groups -OCH3 is 1. The monoisotopic (exact) mass is 461 g/mol. The Morgan fingerprint density at radius 3 is 2.47 bits per heavy atom. The summed E-state index contributed by atoms with van der Waals surface area (Å²) in [7, 11) is 1.43. The second kappa shape index (κ2) is 10.3. The van der Waals surface area contributed by atoms with Gasteiger partial charge in [-0.3, -0.25) is 19.7 Å². The summed E-state index contributed by atoms with van der Waals surface area (Å²) in [4.78, 5) is 36.5. The van der Waals surface area contributed by atoms with Gasteiger partial charge in [0.15, 0.2) is 11.5 Å². The van der Waals surface area contributed by atoms with E-state index in [9.17, 15) is 19.7 Å². The molecule has 2 aromatic carbocycles. The smallest absolute Gasteiger partial charge is 0.313 e. The average molecular weight is 462 g/mol. The molecular formula is C22H24ClN3O6. The number of nitro groups is 1. The number of nitrogens with zero attached hydrogens (tertiary/aromatic N) is 2. The zero-order chi connectivity index (χ0) is 23.3. The van der Waals surface area contributed by atoms with E-state index in [2.05, 4.69) is 5.32 Å². The van der Waals surface area contributed by atoms with Crippen LogP contribution in [0.5, 0.6) is 17.2 Å². The number of rotatable bonds is 7. The highest BCUT2D eigenvalue weighted by molar-refractivity contribution is 6.30. The summed E-state index contributed by atoms with van der Waals surface area (Å²) in [6.07, 6.45) is 1.62. The molecule has 2 aromatic rings. The molecule has 9 nitrogen and oxygen atoms in total. The molecular weight excluding hydrogens is 438 g/mol. The van der Waals surface area contributed by atoms with Gasteiger partial charge in [-0.05, 0) is 49.1 Å². The molecule has 0 radical (unpaired) electrons. The lowest BCUT2D eigenvalue weighted by molar-refractivity contribution is -0.385. The first-order valence-electron chi connectivity index (χ1n) is 10.1. The molecule has 2 amide bonds. The SMILES string of the molecule is COc1cc(C(=O)N2CCC(CNC(C)=O)CC2)ccc1Oc1ccc(Cl)cc1[N+](=O)[O-]. The number of carbonyl (C=O) groups excluding carboxylic acids is 2. The summed E-state index contributed by atoms with van der Waals surface area (Å²) < 4.78 is 11.1. The fraction of sp³-hybridized carbons (Fsp3) is 0.364. The molecule has 0 spiro atoms. The first kappa shape index (κ1) is 23.3. The number of hydrogen-bond acceptors (Lipinski definition) is 6. The summed E-state index contributed by atoms with van der Waals surface area (Å²) in [6.45, 7) is 3.31. The van der Waals surface area contributed by atoms with Gasteiger partial charge < -0.3 is 19.7 Å². The van der Waals surface area contributed by atoms with Gasteiger partial charge in [-0.25, -0.2) is 0 Å². The van der Waals surface area contributed by atoms with E-state index in [0.29, 0.717) is 31.1 Å². The van der Waals surface area contributed by atoms with E-state index in [-0.39, 0.29) is 39.8 Å². The minimum absolute atomic E-state index is 0.0121. The number of nitro benzene ring substituents is 1. The van der Waals surface area contributed by atoms with Crippen LogP contribution in [0.4, 0.5) is 5.69 Å². The quantitative estimate of drug-likeness (QED) is 0.492. The van der Waals surface area contributed by atoms with Crippen LogP contribution in [0.3, 0.4) is 0 Å². The molecule has 1 fully saturated rings. The Balaban J connectivity index is 1.71. The molecule has 1 aliphatic rings. The number of hydrogen-bond donors (Lipinski definition) is 1. The molecule has 0 atom stereocenters. The molecule has 10 heteroatoms. The number of amides is 2. The van der Waals surface area contributed by atoms with Crippen LogP contribution in [0.1, 0.15) is 30.1 Å². The highest BCUT2D eigenvalue weighted by Gasteiger charge is 2.25. The Labute approximate surface area is 190 Å². The van der Waals surface area contributed by atoms with Gasteiger partial charge in [-0.2, -0.15) is 0 Å². The largest absolute Gasteiger partial charge is 0.493 e. The van der Waals surface area contributed by atoms with E-state index in [4.69, 9.17) is 21.1 Å². The lowest BCUT2D eigenvalue weighted by atomic mass is 9.96. The van der Waals surface area contributed by atoms with E-state index in [1.807, 2.05) is 0 Å². The van der Waals surface area contributed by atoms with Crippen molar-refractivity contribution >= 4 is 29.1 Å². The maximum atomic E-state index is 12.9. The van der Waals surface area contributed by atoms with Crippen molar-refractivity contribution in [3.63, 3.8) is 0 Å². The zero-order valence-corrected chi connectivity index (χ0v) is 18.6. The Hall–Kier alpha value is -3.33. The van der Waals surface area contributed by atoms with Gasteiger partial charge in [-0.1, -0.05) is 11.6 Å². The van der Waals surface area contributed by atoms with Crippen molar-refractivity contribution in [3.8, 4) is 17.2 Å². The van der Waals surface area contributed by atoms with Gasteiger partial charge in [0.1, 0.15) is 0 Å². The predicted octanol–water partition coefficient (Wildman–Crippen LogP) is 4.04. The molecule has 170 valence electrons. The summed E-state index contributed by atoms with van der Waals surface area (Å²) >= 11 is 5.85. The van der Waals surface area contributed by atoms with Crippen LogP contribution in [0.15, 0.2) is 36.4 Å². The third-order valence-electron chi connectivity index (χ3n) is 5.29. The van der Waals surface area contributed by atoms with Crippen LogP contribution in [-0.4, -0.2) is 48.4 Å². The minimum atomic E-state index is -0.582. The minimum Gasteiger partial charge on any atom is -0.493 e.